The van der Waals surface area contributed by atoms with Gasteiger partial charge in [0.2, 0.25) is 0 Å². The number of aromatic nitrogens is 2. The van der Waals surface area contributed by atoms with Crippen molar-refractivity contribution in [2.75, 3.05) is 19.7 Å². The predicted octanol–water partition coefficient (Wildman–Crippen LogP) is 0.185. The highest BCUT2D eigenvalue weighted by molar-refractivity contribution is 5.92. The maximum absolute atomic E-state index is 12.2. The standard InChI is InChI=1S/C13H17N3O4/c1-2-20-13(19)9-4-3-7-16(8-9)12(18)10-5-6-11(17)15-14-10/h5-6,9H,2-4,7-8H2,1H3,(H,15,17)/t9-/m0/s1. The second-order valence-corrected chi connectivity index (χ2v) is 4.65. The third kappa shape index (κ3) is 3.23. The monoisotopic (exact) mass is 279 g/mol. The van der Waals surface area contributed by atoms with Crippen LogP contribution in [0, 0.1) is 5.92 Å². The van der Waals surface area contributed by atoms with Crippen LogP contribution < -0.4 is 5.56 Å². The van der Waals surface area contributed by atoms with E-state index < -0.39 is 0 Å². The van der Waals surface area contributed by atoms with Crippen molar-refractivity contribution in [1.82, 2.24) is 15.1 Å². The highest BCUT2D eigenvalue weighted by Gasteiger charge is 2.30. The Labute approximate surface area is 115 Å². The summed E-state index contributed by atoms with van der Waals surface area (Å²) in [6, 6.07) is 2.64. The van der Waals surface area contributed by atoms with Crippen LogP contribution in [-0.4, -0.2) is 46.7 Å². The number of amides is 1. The molecule has 108 valence electrons. The molecule has 0 saturated carbocycles. The summed E-state index contributed by atoms with van der Waals surface area (Å²) in [5.74, 6) is -0.829. The SMILES string of the molecule is CCOC(=O)[C@H]1CCCN(C(=O)c2ccc(=O)[nH]n2)C1. The molecule has 1 fully saturated rings. The molecule has 0 unspecified atom stereocenters. The summed E-state index contributed by atoms with van der Waals surface area (Å²) in [6.07, 6.45) is 1.47. The minimum Gasteiger partial charge on any atom is -0.466 e. The first-order valence-electron chi connectivity index (χ1n) is 6.63. The molecule has 20 heavy (non-hydrogen) atoms. The molecule has 0 aromatic carbocycles. The zero-order valence-electron chi connectivity index (χ0n) is 11.3. The van der Waals surface area contributed by atoms with Crippen molar-refractivity contribution in [3.05, 3.63) is 28.2 Å². The zero-order chi connectivity index (χ0) is 14.5. The summed E-state index contributed by atoms with van der Waals surface area (Å²) in [5, 5.41) is 5.94. The van der Waals surface area contributed by atoms with E-state index in [9.17, 15) is 14.4 Å². The second-order valence-electron chi connectivity index (χ2n) is 4.65. The van der Waals surface area contributed by atoms with E-state index in [1.54, 1.807) is 11.8 Å². The Hall–Kier alpha value is -2.18. The highest BCUT2D eigenvalue weighted by atomic mass is 16.5. The molecule has 7 nitrogen and oxygen atoms in total. The second kappa shape index (κ2) is 6.31. The smallest absolute Gasteiger partial charge is 0.310 e. The van der Waals surface area contributed by atoms with E-state index in [0.717, 1.165) is 12.8 Å². The van der Waals surface area contributed by atoms with Gasteiger partial charge in [-0.3, -0.25) is 14.4 Å². The Morgan fingerprint density at radius 2 is 2.30 bits per heavy atom. The molecule has 1 aliphatic rings. The predicted molar refractivity (Wildman–Crippen MR) is 70.1 cm³/mol. The number of hydrogen-bond donors (Lipinski definition) is 1. The van der Waals surface area contributed by atoms with Crippen LogP contribution in [0.15, 0.2) is 16.9 Å². The van der Waals surface area contributed by atoms with Crippen molar-refractivity contribution < 1.29 is 14.3 Å². The average Bonchev–Trinajstić information content (AvgIpc) is 2.48. The number of esters is 1. The molecule has 1 aromatic rings. The molecular weight excluding hydrogens is 262 g/mol. The normalized spacial score (nSPS) is 18.6. The quantitative estimate of drug-likeness (QED) is 0.797. The average molecular weight is 279 g/mol. The van der Waals surface area contributed by atoms with Crippen molar-refractivity contribution in [1.29, 1.82) is 0 Å². The molecule has 1 aliphatic heterocycles. The molecule has 1 N–H and O–H groups in total. The van der Waals surface area contributed by atoms with Crippen molar-refractivity contribution in [2.45, 2.75) is 19.8 Å². The first-order valence-corrected chi connectivity index (χ1v) is 6.63. The lowest BCUT2D eigenvalue weighted by molar-refractivity contribution is -0.149. The largest absolute Gasteiger partial charge is 0.466 e. The lowest BCUT2D eigenvalue weighted by Gasteiger charge is -2.31. The van der Waals surface area contributed by atoms with Crippen LogP contribution >= 0.6 is 0 Å². The fourth-order valence-corrected chi connectivity index (χ4v) is 2.24. The molecular formula is C13H17N3O4. The van der Waals surface area contributed by atoms with Gasteiger partial charge in [-0.05, 0) is 25.8 Å². The molecule has 0 radical (unpaired) electrons. The van der Waals surface area contributed by atoms with Crippen molar-refractivity contribution in [3.63, 3.8) is 0 Å². The van der Waals surface area contributed by atoms with Gasteiger partial charge in [0.25, 0.3) is 11.5 Å². The molecule has 0 spiro atoms. The number of H-pyrrole nitrogens is 1. The van der Waals surface area contributed by atoms with Crippen LogP contribution in [0.25, 0.3) is 0 Å². The molecule has 2 heterocycles. The van der Waals surface area contributed by atoms with E-state index >= 15 is 0 Å². The van der Waals surface area contributed by atoms with E-state index in [0.29, 0.717) is 19.7 Å². The van der Waals surface area contributed by atoms with Gasteiger partial charge >= 0.3 is 5.97 Å². The molecule has 2 rings (SSSR count). The maximum Gasteiger partial charge on any atom is 0.310 e. The van der Waals surface area contributed by atoms with Crippen molar-refractivity contribution in [3.8, 4) is 0 Å². The fraction of sp³-hybridized carbons (Fsp3) is 0.538. The third-order valence-electron chi connectivity index (χ3n) is 3.23. The minimum atomic E-state index is -0.357. The van der Waals surface area contributed by atoms with Gasteiger partial charge in [0.15, 0.2) is 0 Å². The first-order chi connectivity index (χ1) is 9.61. The molecule has 1 amide bonds. The van der Waals surface area contributed by atoms with Gasteiger partial charge in [0.1, 0.15) is 5.69 Å². The number of aromatic amines is 1. The number of carbonyl (C=O) groups is 2. The molecule has 1 saturated heterocycles. The van der Waals surface area contributed by atoms with Crippen molar-refractivity contribution >= 4 is 11.9 Å². The Morgan fingerprint density at radius 1 is 1.50 bits per heavy atom. The number of piperidine rings is 1. The van der Waals surface area contributed by atoms with Gasteiger partial charge < -0.3 is 9.64 Å². The van der Waals surface area contributed by atoms with E-state index in [4.69, 9.17) is 4.74 Å². The number of nitrogens with zero attached hydrogens (tertiary/aromatic N) is 2. The first kappa shape index (κ1) is 14.2. The van der Waals surface area contributed by atoms with E-state index in [1.807, 2.05) is 0 Å². The van der Waals surface area contributed by atoms with Crippen LogP contribution in [0.2, 0.25) is 0 Å². The summed E-state index contributed by atoms with van der Waals surface area (Å²) < 4.78 is 4.99. The molecule has 1 aromatic heterocycles. The molecule has 0 bridgehead atoms. The summed E-state index contributed by atoms with van der Waals surface area (Å²) in [5.41, 5.74) is -0.182. The zero-order valence-corrected chi connectivity index (χ0v) is 11.3. The van der Waals surface area contributed by atoms with Crippen molar-refractivity contribution in [2.24, 2.45) is 5.92 Å². The van der Waals surface area contributed by atoms with Crippen LogP contribution in [0.1, 0.15) is 30.3 Å². The Balaban J connectivity index is 2.04. The van der Waals surface area contributed by atoms with Gasteiger partial charge in [0, 0.05) is 19.2 Å². The van der Waals surface area contributed by atoms with Crippen LogP contribution in [0.3, 0.4) is 0 Å². The number of rotatable bonds is 3. The number of likely N-dealkylation sites (tertiary alicyclic amines) is 1. The van der Waals surface area contributed by atoms with E-state index in [2.05, 4.69) is 10.2 Å². The molecule has 1 atom stereocenters. The Kier molecular flexibility index (Phi) is 4.49. The minimum absolute atomic E-state index is 0.175. The lowest BCUT2D eigenvalue weighted by atomic mass is 9.98. The topological polar surface area (TPSA) is 92.4 Å². The Morgan fingerprint density at radius 3 is 2.95 bits per heavy atom. The van der Waals surface area contributed by atoms with E-state index in [-0.39, 0.29) is 29.0 Å². The molecule has 0 aliphatic carbocycles. The maximum atomic E-state index is 12.2. The Bertz CT molecular complexity index is 534. The van der Waals surface area contributed by atoms with E-state index in [1.165, 1.54) is 12.1 Å². The third-order valence-corrected chi connectivity index (χ3v) is 3.23. The van der Waals surface area contributed by atoms with Crippen LogP contribution in [-0.2, 0) is 9.53 Å². The van der Waals surface area contributed by atoms with Gasteiger partial charge in [-0.2, -0.15) is 5.10 Å². The highest BCUT2D eigenvalue weighted by Crippen LogP contribution is 2.19. The van der Waals surface area contributed by atoms with Gasteiger partial charge in [-0.1, -0.05) is 0 Å². The number of nitrogens with one attached hydrogen (secondary N) is 1. The summed E-state index contributed by atoms with van der Waals surface area (Å²) in [6.45, 7) is 3.01. The molecule has 7 heteroatoms. The van der Waals surface area contributed by atoms with Crippen LogP contribution in [0.4, 0.5) is 0 Å². The number of carbonyl (C=O) groups excluding carboxylic acids is 2. The summed E-state index contributed by atoms with van der Waals surface area (Å²) in [4.78, 5) is 36.5. The van der Waals surface area contributed by atoms with Gasteiger partial charge in [-0.15, -0.1) is 0 Å². The summed E-state index contributed by atoms with van der Waals surface area (Å²) >= 11 is 0. The van der Waals surface area contributed by atoms with Gasteiger partial charge in [0.05, 0.1) is 12.5 Å². The van der Waals surface area contributed by atoms with Gasteiger partial charge in [-0.25, -0.2) is 5.10 Å². The fourth-order valence-electron chi connectivity index (χ4n) is 2.24. The van der Waals surface area contributed by atoms with Crippen LogP contribution in [0.5, 0.6) is 0 Å². The number of hydrogen-bond acceptors (Lipinski definition) is 5. The number of ether oxygens (including phenoxy) is 1. The summed E-state index contributed by atoms with van der Waals surface area (Å²) in [7, 11) is 0. The lowest BCUT2D eigenvalue weighted by Crippen LogP contribution is -2.43.